The Morgan fingerprint density at radius 1 is 1.50 bits per heavy atom. The zero-order chi connectivity index (χ0) is 13.7. The minimum Gasteiger partial charge on any atom is -0.478 e. The lowest BCUT2D eigenvalue weighted by molar-refractivity contribution is -0.118. The van der Waals surface area contributed by atoms with Crippen LogP contribution in [0.5, 0.6) is 0 Å². The molecule has 1 aromatic carbocycles. The van der Waals surface area contributed by atoms with Crippen LogP contribution >= 0.6 is 0 Å². The van der Waals surface area contributed by atoms with Crippen molar-refractivity contribution in [3.8, 4) is 0 Å². The zero-order valence-corrected chi connectivity index (χ0v) is 10.3. The van der Waals surface area contributed by atoms with Crippen molar-refractivity contribution in [1.29, 1.82) is 0 Å². The fourth-order valence-electron chi connectivity index (χ4n) is 1.42. The molecule has 0 radical (unpaired) electrons. The number of benzene rings is 1. The number of nitrogens with one attached hydrogen (secondary N) is 1. The van der Waals surface area contributed by atoms with E-state index in [9.17, 15) is 9.59 Å². The second-order valence-electron chi connectivity index (χ2n) is 3.91. The molecule has 18 heavy (non-hydrogen) atoms. The predicted octanol–water partition coefficient (Wildman–Crippen LogP) is 0.605. The van der Waals surface area contributed by atoms with Crippen LogP contribution in [-0.4, -0.2) is 36.7 Å². The lowest BCUT2D eigenvalue weighted by Gasteiger charge is -2.13. The third-order valence-electron chi connectivity index (χ3n) is 2.35. The summed E-state index contributed by atoms with van der Waals surface area (Å²) in [6.45, 7) is 1.84. The third-order valence-corrected chi connectivity index (χ3v) is 2.35. The van der Waals surface area contributed by atoms with Gasteiger partial charge in [-0.3, -0.25) is 4.79 Å². The van der Waals surface area contributed by atoms with E-state index < -0.39 is 17.9 Å². The Hall–Kier alpha value is -1.92. The molecule has 6 nitrogen and oxygen atoms in total. The number of methoxy groups -OCH3 is 1. The molecule has 0 aliphatic heterocycles. The van der Waals surface area contributed by atoms with Crippen molar-refractivity contribution in [1.82, 2.24) is 0 Å². The van der Waals surface area contributed by atoms with Gasteiger partial charge in [0, 0.05) is 7.11 Å². The van der Waals surface area contributed by atoms with Gasteiger partial charge < -0.3 is 20.9 Å². The first kappa shape index (κ1) is 14.1. The molecule has 1 aromatic rings. The molecule has 6 heteroatoms. The summed E-state index contributed by atoms with van der Waals surface area (Å²) < 4.78 is 4.76. The number of rotatable bonds is 5. The molecule has 0 heterocycles. The lowest BCUT2D eigenvalue weighted by Crippen LogP contribution is -2.39. The fourth-order valence-corrected chi connectivity index (χ4v) is 1.42. The number of anilines is 1. The Bertz CT molecular complexity index is 459. The number of aryl methyl sites for hydroxylation is 1. The summed E-state index contributed by atoms with van der Waals surface area (Å²) in [5.74, 6) is -1.59. The van der Waals surface area contributed by atoms with Crippen molar-refractivity contribution in [2.75, 3.05) is 19.0 Å². The quantitative estimate of drug-likeness (QED) is 0.712. The Morgan fingerprint density at radius 2 is 2.17 bits per heavy atom. The number of amides is 1. The van der Waals surface area contributed by atoms with E-state index in [0.29, 0.717) is 0 Å². The van der Waals surface area contributed by atoms with Crippen LogP contribution in [0, 0.1) is 6.92 Å². The molecule has 0 saturated carbocycles. The van der Waals surface area contributed by atoms with Crippen molar-refractivity contribution in [3.63, 3.8) is 0 Å². The normalized spacial score (nSPS) is 11.9. The van der Waals surface area contributed by atoms with Crippen molar-refractivity contribution in [2.45, 2.75) is 13.0 Å². The highest BCUT2D eigenvalue weighted by atomic mass is 16.5. The highest BCUT2D eigenvalue weighted by molar-refractivity contribution is 6.02. The van der Waals surface area contributed by atoms with Crippen LogP contribution in [0.25, 0.3) is 0 Å². The molecular weight excluding hydrogens is 236 g/mol. The first-order valence-corrected chi connectivity index (χ1v) is 5.35. The summed E-state index contributed by atoms with van der Waals surface area (Å²) in [4.78, 5) is 22.7. The van der Waals surface area contributed by atoms with Crippen LogP contribution in [-0.2, 0) is 9.53 Å². The van der Waals surface area contributed by atoms with E-state index in [1.54, 1.807) is 13.0 Å². The van der Waals surface area contributed by atoms with Crippen LogP contribution in [0.1, 0.15) is 15.9 Å². The lowest BCUT2D eigenvalue weighted by atomic mass is 10.1. The minimum atomic E-state index is -1.10. The maximum atomic E-state index is 11.7. The molecule has 1 unspecified atom stereocenters. The second-order valence-corrected chi connectivity index (χ2v) is 3.91. The Labute approximate surface area is 105 Å². The summed E-state index contributed by atoms with van der Waals surface area (Å²) in [5, 5.41) is 11.5. The smallest absolute Gasteiger partial charge is 0.337 e. The van der Waals surface area contributed by atoms with E-state index >= 15 is 0 Å². The maximum absolute atomic E-state index is 11.7. The van der Waals surface area contributed by atoms with Gasteiger partial charge in [0.25, 0.3) is 0 Å². The number of aromatic carboxylic acids is 1. The first-order chi connectivity index (χ1) is 8.45. The molecule has 98 valence electrons. The van der Waals surface area contributed by atoms with Crippen LogP contribution < -0.4 is 11.1 Å². The van der Waals surface area contributed by atoms with Crippen LogP contribution in [0.15, 0.2) is 18.2 Å². The molecule has 0 saturated heterocycles. The van der Waals surface area contributed by atoms with Crippen molar-refractivity contribution in [3.05, 3.63) is 29.3 Å². The zero-order valence-electron chi connectivity index (χ0n) is 10.3. The molecule has 0 aromatic heterocycles. The van der Waals surface area contributed by atoms with Gasteiger partial charge in [-0.2, -0.15) is 0 Å². The van der Waals surface area contributed by atoms with Gasteiger partial charge in [-0.25, -0.2) is 4.79 Å². The average molecular weight is 252 g/mol. The third kappa shape index (κ3) is 3.54. The Kier molecular flexibility index (Phi) is 4.82. The SMILES string of the molecule is COCC(N)C(=O)Nc1ccc(C)cc1C(=O)O. The van der Waals surface area contributed by atoms with Crippen molar-refractivity contribution < 1.29 is 19.4 Å². The van der Waals surface area contributed by atoms with E-state index in [1.807, 2.05) is 0 Å². The standard InChI is InChI=1S/C12H16N2O4/c1-7-3-4-10(8(5-7)12(16)17)14-11(15)9(13)6-18-2/h3-5,9H,6,13H2,1-2H3,(H,14,15)(H,16,17). The molecule has 0 bridgehead atoms. The van der Waals surface area contributed by atoms with Gasteiger partial charge in [-0.15, -0.1) is 0 Å². The van der Waals surface area contributed by atoms with Gasteiger partial charge in [0.1, 0.15) is 6.04 Å². The highest BCUT2D eigenvalue weighted by Crippen LogP contribution is 2.17. The number of carbonyl (C=O) groups excluding carboxylic acids is 1. The van der Waals surface area contributed by atoms with Gasteiger partial charge >= 0.3 is 5.97 Å². The number of carbonyl (C=O) groups is 2. The highest BCUT2D eigenvalue weighted by Gasteiger charge is 2.17. The number of carboxylic acids is 1. The van der Waals surface area contributed by atoms with E-state index in [2.05, 4.69) is 5.32 Å². The summed E-state index contributed by atoms with van der Waals surface area (Å²) in [6, 6.07) is 3.90. The van der Waals surface area contributed by atoms with E-state index in [1.165, 1.54) is 19.2 Å². The number of carboxylic acid groups (broad SMARTS) is 1. The van der Waals surface area contributed by atoms with E-state index in [4.69, 9.17) is 15.6 Å². The summed E-state index contributed by atoms with van der Waals surface area (Å²) in [5.41, 5.74) is 6.61. The molecular formula is C12H16N2O4. The van der Waals surface area contributed by atoms with Crippen LogP contribution in [0.3, 0.4) is 0 Å². The average Bonchev–Trinajstić information content (AvgIpc) is 2.31. The van der Waals surface area contributed by atoms with Gasteiger partial charge in [-0.1, -0.05) is 11.6 Å². The molecule has 4 N–H and O–H groups in total. The molecule has 0 aliphatic rings. The Morgan fingerprint density at radius 3 is 2.72 bits per heavy atom. The second kappa shape index (κ2) is 6.13. The van der Waals surface area contributed by atoms with Gasteiger partial charge in [0.05, 0.1) is 17.9 Å². The summed E-state index contributed by atoms with van der Waals surface area (Å²) >= 11 is 0. The van der Waals surface area contributed by atoms with Gasteiger partial charge in [0.15, 0.2) is 0 Å². The summed E-state index contributed by atoms with van der Waals surface area (Å²) in [7, 11) is 1.43. The van der Waals surface area contributed by atoms with Crippen molar-refractivity contribution in [2.24, 2.45) is 5.73 Å². The topological polar surface area (TPSA) is 102 Å². The van der Waals surface area contributed by atoms with Crippen LogP contribution in [0.2, 0.25) is 0 Å². The molecule has 0 aliphatic carbocycles. The van der Waals surface area contributed by atoms with Gasteiger partial charge in [0.2, 0.25) is 5.91 Å². The number of hydrogen-bond acceptors (Lipinski definition) is 4. The number of hydrogen-bond donors (Lipinski definition) is 3. The molecule has 0 fully saturated rings. The minimum absolute atomic E-state index is 0.0352. The first-order valence-electron chi connectivity index (χ1n) is 5.35. The van der Waals surface area contributed by atoms with Crippen molar-refractivity contribution >= 4 is 17.6 Å². The predicted molar refractivity (Wildman–Crippen MR) is 66.6 cm³/mol. The van der Waals surface area contributed by atoms with Crippen LogP contribution in [0.4, 0.5) is 5.69 Å². The summed E-state index contributed by atoms with van der Waals surface area (Å²) in [6.07, 6.45) is 0. The monoisotopic (exact) mass is 252 g/mol. The molecule has 1 amide bonds. The number of nitrogens with two attached hydrogens (primary N) is 1. The maximum Gasteiger partial charge on any atom is 0.337 e. The number of ether oxygens (including phenoxy) is 1. The largest absolute Gasteiger partial charge is 0.478 e. The fraction of sp³-hybridized carbons (Fsp3) is 0.333. The molecule has 1 atom stereocenters. The van der Waals surface area contributed by atoms with E-state index in [-0.39, 0.29) is 17.9 Å². The van der Waals surface area contributed by atoms with E-state index in [0.717, 1.165) is 5.56 Å². The van der Waals surface area contributed by atoms with Gasteiger partial charge in [-0.05, 0) is 19.1 Å². The molecule has 1 rings (SSSR count). The molecule has 0 spiro atoms. The Balaban J connectivity index is 2.90.